The third-order valence-corrected chi connectivity index (χ3v) is 4.98. The first-order valence-corrected chi connectivity index (χ1v) is 9.39. The number of hydrogen-bond acceptors (Lipinski definition) is 7. The zero-order chi connectivity index (χ0) is 18.8. The van der Waals surface area contributed by atoms with E-state index in [4.69, 9.17) is 4.42 Å². The van der Waals surface area contributed by atoms with E-state index in [0.717, 1.165) is 54.7 Å². The van der Waals surface area contributed by atoms with Crippen LogP contribution in [0.1, 0.15) is 5.76 Å². The SMILES string of the molecule is c1coc(CNc2cnc(-c3ccc(N4CCNCC4)cc3)c3nncn23)c1. The number of anilines is 2. The maximum atomic E-state index is 5.37. The molecule has 1 aromatic carbocycles. The van der Waals surface area contributed by atoms with Gasteiger partial charge in [0, 0.05) is 37.4 Å². The van der Waals surface area contributed by atoms with Gasteiger partial charge in [0.05, 0.1) is 19.0 Å². The summed E-state index contributed by atoms with van der Waals surface area (Å²) in [7, 11) is 0. The molecule has 2 N–H and O–H groups in total. The molecule has 0 aliphatic carbocycles. The lowest BCUT2D eigenvalue weighted by Crippen LogP contribution is -2.43. The number of nitrogens with one attached hydrogen (secondary N) is 2. The monoisotopic (exact) mass is 375 g/mol. The molecule has 1 aliphatic rings. The Morgan fingerprint density at radius 2 is 1.96 bits per heavy atom. The summed E-state index contributed by atoms with van der Waals surface area (Å²) >= 11 is 0. The molecule has 0 atom stereocenters. The molecule has 0 unspecified atom stereocenters. The van der Waals surface area contributed by atoms with E-state index in [0.29, 0.717) is 6.54 Å². The summed E-state index contributed by atoms with van der Waals surface area (Å²) in [6.07, 6.45) is 5.16. The molecule has 8 nitrogen and oxygen atoms in total. The Morgan fingerprint density at radius 3 is 2.75 bits per heavy atom. The first-order chi connectivity index (χ1) is 13.9. The fourth-order valence-corrected chi connectivity index (χ4v) is 3.50. The molecule has 0 amide bonds. The van der Waals surface area contributed by atoms with Crippen molar-refractivity contribution >= 4 is 17.2 Å². The third-order valence-electron chi connectivity index (χ3n) is 4.98. The molecular weight excluding hydrogens is 354 g/mol. The predicted octanol–water partition coefficient (Wildman–Crippen LogP) is 2.41. The van der Waals surface area contributed by atoms with Gasteiger partial charge in [-0.2, -0.15) is 0 Å². The van der Waals surface area contributed by atoms with E-state index in [1.807, 2.05) is 16.5 Å². The fraction of sp³-hybridized carbons (Fsp3) is 0.250. The van der Waals surface area contributed by atoms with Crippen molar-refractivity contribution in [3.8, 4) is 11.3 Å². The van der Waals surface area contributed by atoms with Crippen molar-refractivity contribution in [1.82, 2.24) is 24.9 Å². The smallest absolute Gasteiger partial charge is 0.188 e. The van der Waals surface area contributed by atoms with E-state index in [2.05, 4.69) is 55.0 Å². The van der Waals surface area contributed by atoms with Crippen LogP contribution >= 0.6 is 0 Å². The summed E-state index contributed by atoms with van der Waals surface area (Å²) in [6.45, 7) is 4.68. The van der Waals surface area contributed by atoms with Crippen molar-refractivity contribution in [2.75, 3.05) is 36.4 Å². The number of fused-ring (bicyclic) bond motifs is 1. The summed E-state index contributed by atoms with van der Waals surface area (Å²) in [5.74, 6) is 1.67. The minimum absolute atomic E-state index is 0.570. The molecule has 0 saturated carbocycles. The molecule has 4 heterocycles. The van der Waals surface area contributed by atoms with Gasteiger partial charge in [0.25, 0.3) is 0 Å². The molecule has 1 saturated heterocycles. The maximum absolute atomic E-state index is 5.37. The van der Waals surface area contributed by atoms with Gasteiger partial charge in [0.1, 0.15) is 23.6 Å². The number of rotatable bonds is 5. The average molecular weight is 375 g/mol. The van der Waals surface area contributed by atoms with Gasteiger partial charge in [0.15, 0.2) is 5.65 Å². The van der Waals surface area contributed by atoms with Crippen LogP contribution in [-0.2, 0) is 6.54 Å². The lowest BCUT2D eigenvalue weighted by molar-refractivity contribution is 0.517. The third kappa shape index (κ3) is 3.18. The largest absolute Gasteiger partial charge is 0.467 e. The Bertz CT molecular complexity index is 1050. The van der Waals surface area contributed by atoms with Gasteiger partial charge in [-0.15, -0.1) is 10.2 Å². The average Bonchev–Trinajstić information content (AvgIpc) is 3.45. The molecule has 1 aliphatic heterocycles. The second kappa shape index (κ2) is 7.32. The van der Waals surface area contributed by atoms with E-state index in [1.165, 1.54) is 5.69 Å². The Balaban J connectivity index is 1.41. The highest BCUT2D eigenvalue weighted by Crippen LogP contribution is 2.26. The number of piperazine rings is 1. The molecule has 8 heteroatoms. The molecule has 5 rings (SSSR count). The van der Waals surface area contributed by atoms with Crippen molar-refractivity contribution < 1.29 is 4.42 Å². The van der Waals surface area contributed by atoms with Gasteiger partial charge < -0.3 is 20.0 Å². The van der Waals surface area contributed by atoms with Crippen LogP contribution < -0.4 is 15.5 Å². The lowest BCUT2D eigenvalue weighted by Gasteiger charge is -2.29. The second-order valence-corrected chi connectivity index (χ2v) is 6.73. The molecule has 4 aromatic rings. The highest BCUT2D eigenvalue weighted by atomic mass is 16.3. The van der Waals surface area contributed by atoms with Crippen molar-refractivity contribution in [3.63, 3.8) is 0 Å². The summed E-state index contributed by atoms with van der Waals surface area (Å²) in [5.41, 5.74) is 3.79. The van der Waals surface area contributed by atoms with Crippen molar-refractivity contribution in [3.05, 3.63) is 60.9 Å². The number of aromatic nitrogens is 4. The molecule has 1 fully saturated rings. The first kappa shape index (κ1) is 16.8. The van der Waals surface area contributed by atoms with Gasteiger partial charge in [-0.1, -0.05) is 12.1 Å². The van der Waals surface area contributed by atoms with Crippen LogP contribution in [0, 0.1) is 0 Å². The first-order valence-electron chi connectivity index (χ1n) is 9.39. The summed E-state index contributed by atoms with van der Waals surface area (Å²) in [4.78, 5) is 7.04. The van der Waals surface area contributed by atoms with Gasteiger partial charge in [0.2, 0.25) is 0 Å². The molecule has 142 valence electrons. The molecule has 0 bridgehead atoms. The fourth-order valence-electron chi connectivity index (χ4n) is 3.50. The molecule has 28 heavy (non-hydrogen) atoms. The van der Waals surface area contributed by atoms with Gasteiger partial charge in [-0.05, 0) is 24.3 Å². The Hall–Kier alpha value is -3.39. The van der Waals surface area contributed by atoms with Crippen molar-refractivity contribution in [2.45, 2.75) is 6.54 Å². The van der Waals surface area contributed by atoms with Crippen LogP contribution in [0.3, 0.4) is 0 Å². The van der Waals surface area contributed by atoms with E-state index in [1.54, 1.807) is 18.8 Å². The normalized spacial score (nSPS) is 14.5. The summed E-state index contributed by atoms with van der Waals surface area (Å²) < 4.78 is 7.28. The minimum atomic E-state index is 0.570. The minimum Gasteiger partial charge on any atom is -0.467 e. The zero-order valence-electron chi connectivity index (χ0n) is 15.4. The van der Waals surface area contributed by atoms with Crippen LogP contribution in [-0.4, -0.2) is 45.8 Å². The quantitative estimate of drug-likeness (QED) is 0.554. The van der Waals surface area contributed by atoms with Crippen LogP contribution in [0.4, 0.5) is 11.5 Å². The van der Waals surface area contributed by atoms with E-state index in [9.17, 15) is 0 Å². The number of benzene rings is 1. The van der Waals surface area contributed by atoms with Crippen LogP contribution in [0.2, 0.25) is 0 Å². The number of furan rings is 1. The standard InChI is InChI=1S/C20H21N7O/c1-2-17(28-11-1)12-22-18-13-23-19(20-25-24-14-27(18)20)15-3-5-16(6-4-15)26-9-7-21-8-10-26/h1-6,11,13-14,21-22H,7-10,12H2. The molecule has 3 aromatic heterocycles. The Kier molecular flexibility index (Phi) is 4.38. The topological polar surface area (TPSA) is 83.5 Å². The maximum Gasteiger partial charge on any atom is 0.188 e. The van der Waals surface area contributed by atoms with Crippen LogP contribution in [0.25, 0.3) is 16.9 Å². The van der Waals surface area contributed by atoms with Gasteiger partial charge in [-0.25, -0.2) is 4.98 Å². The summed E-state index contributed by atoms with van der Waals surface area (Å²) in [6, 6.07) is 12.3. The van der Waals surface area contributed by atoms with E-state index < -0.39 is 0 Å². The second-order valence-electron chi connectivity index (χ2n) is 6.73. The van der Waals surface area contributed by atoms with Gasteiger partial charge >= 0.3 is 0 Å². The van der Waals surface area contributed by atoms with Gasteiger partial charge in [-0.3, -0.25) is 4.40 Å². The zero-order valence-corrected chi connectivity index (χ0v) is 15.4. The van der Waals surface area contributed by atoms with Crippen LogP contribution in [0.5, 0.6) is 0 Å². The molecule has 0 radical (unpaired) electrons. The van der Waals surface area contributed by atoms with E-state index >= 15 is 0 Å². The predicted molar refractivity (Wildman–Crippen MR) is 107 cm³/mol. The number of nitrogens with zero attached hydrogens (tertiary/aromatic N) is 5. The highest BCUT2D eigenvalue weighted by molar-refractivity contribution is 5.76. The van der Waals surface area contributed by atoms with E-state index in [-0.39, 0.29) is 0 Å². The lowest BCUT2D eigenvalue weighted by atomic mass is 10.1. The molecular formula is C20H21N7O. The Morgan fingerprint density at radius 1 is 1.11 bits per heavy atom. The number of hydrogen-bond donors (Lipinski definition) is 2. The Labute approximate surface area is 162 Å². The van der Waals surface area contributed by atoms with Crippen molar-refractivity contribution in [1.29, 1.82) is 0 Å². The summed E-state index contributed by atoms with van der Waals surface area (Å²) in [5, 5.41) is 15.1. The highest BCUT2D eigenvalue weighted by Gasteiger charge is 2.14. The molecule has 0 spiro atoms. The van der Waals surface area contributed by atoms with Crippen molar-refractivity contribution in [2.24, 2.45) is 0 Å². The van der Waals surface area contributed by atoms with Crippen LogP contribution in [0.15, 0.2) is 59.6 Å².